The number of halogens is 2. The van der Waals surface area contributed by atoms with E-state index in [1.54, 1.807) is 35.4 Å². The lowest BCUT2D eigenvalue weighted by molar-refractivity contribution is -0.128. The fourth-order valence-corrected chi connectivity index (χ4v) is 5.29. The third kappa shape index (κ3) is 5.09. The molecule has 0 saturated carbocycles. The van der Waals surface area contributed by atoms with Gasteiger partial charge in [-0.2, -0.15) is 4.98 Å². The van der Waals surface area contributed by atoms with Crippen molar-refractivity contribution in [2.75, 3.05) is 13.1 Å². The molecule has 4 aromatic rings. The summed E-state index contributed by atoms with van der Waals surface area (Å²) in [6.07, 6.45) is 3.96. The molecule has 1 aromatic carbocycles. The Morgan fingerprint density at radius 2 is 2.02 bits per heavy atom. The van der Waals surface area contributed by atoms with Crippen molar-refractivity contribution in [3.05, 3.63) is 87.8 Å². The molecule has 3 aromatic heterocycles. The Labute approximate surface area is 236 Å². The molecule has 0 radical (unpaired) electrons. The summed E-state index contributed by atoms with van der Waals surface area (Å²) in [5.41, 5.74) is 2.02. The van der Waals surface area contributed by atoms with Crippen LogP contribution in [-0.2, 0) is 4.79 Å². The molecular weight excluding hydrogens is 533 g/mol. The van der Waals surface area contributed by atoms with Gasteiger partial charge in [-0.3, -0.25) is 9.78 Å². The number of hydrogen-bond donors (Lipinski definition) is 0. The molecule has 8 nitrogen and oxygen atoms in total. The first-order valence-electron chi connectivity index (χ1n) is 13.1. The zero-order valence-corrected chi connectivity index (χ0v) is 23.3. The number of likely N-dealkylation sites (tertiary alicyclic amines) is 1. The molecule has 10 heteroatoms. The summed E-state index contributed by atoms with van der Waals surface area (Å²) in [5.74, 6) is -0.641. The van der Waals surface area contributed by atoms with Gasteiger partial charge in [0.25, 0.3) is 0 Å². The first-order chi connectivity index (χ1) is 19.2. The van der Waals surface area contributed by atoms with Crippen LogP contribution in [0, 0.1) is 12.7 Å². The minimum atomic E-state index is -0.621. The van der Waals surface area contributed by atoms with Gasteiger partial charge in [0.15, 0.2) is 5.65 Å². The molecular formula is C30H29ClFN5O3. The largest absolute Gasteiger partial charge is 0.472 e. The van der Waals surface area contributed by atoms with Crippen LogP contribution in [0.25, 0.3) is 28.0 Å². The van der Waals surface area contributed by atoms with Crippen LogP contribution < -0.4 is 10.4 Å². The molecule has 0 N–H and O–H groups in total. The van der Waals surface area contributed by atoms with Crippen molar-refractivity contribution in [2.24, 2.45) is 0 Å². The summed E-state index contributed by atoms with van der Waals surface area (Å²) in [4.78, 5) is 41.3. The standard InChI is InChI=1S/C30H29ClFN5O3/c1-5-24(38)36-14-8-9-19(16-36)40-29-21-15-22(31)26(20-10-6-7-11-23(20)32)34-28(21)37(30(39)35-29)27-18(4)12-13-33-25(27)17(2)3/h5-7,10-13,15,17,19H,1,8-9,14,16H2,2-4H3/t19-/m1/s1. The van der Waals surface area contributed by atoms with Crippen LogP contribution >= 0.6 is 11.6 Å². The smallest absolute Gasteiger partial charge is 0.357 e. The minimum Gasteiger partial charge on any atom is -0.472 e. The van der Waals surface area contributed by atoms with Crippen LogP contribution in [0.1, 0.15) is 43.9 Å². The van der Waals surface area contributed by atoms with E-state index in [1.807, 2.05) is 26.8 Å². The monoisotopic (exact) mass is 561 g/mol. The number of aromatic nitrogens is 4. The Bertz CT molecular complexity index is 1690. The van der Waals surface area contributed by atoms with Crippen LogP contribution in [-0.4, -0.2) is 49.5 Å². The predicted molar refractivity (Wildman–Crippen MR) is 153 cm³/mol. The minimum absolute atomic E-state index is 0.0123. The number of ether oxygens (including phenoxy) is 1. The molecule has 1 aliphatic heterocycles. The summed E-state index contributed by atoms with van der Waals surface area (Å²) in [6.45, 7) is 10.3. The van der Waals surface area contributed by atoms with Gasteiger partial charge in [0, 0.05) is 18.3 Å². The van der Waals surface area contributed by atoms with E-state index < -0.39 is 17.6 Å². The highest BCUT2D eigenvalue weighted by atomic mass is 35.5. The Hall–Kier alpha value is -4.11. The maximum atomic E-state index is 14.9. The highest BCUT2D eigenvalue weighted by Crippen LogP contribution is 2.35. The third-order valence-corrected chi connectivity index (χ3v) is 7.27. The molecule has 5 rings (SSSR count). The van der Waals surface area contributed by atoms with E-state index >= 15 is 0 Å². The highest BCUT2D eigenvalue weighted by molar-refractivity contribution is 6.33. The quantitative estimate of drug-likeness (QED) is 0.284. The summed E-state index contributed by atoms with van der Waals surface area (Å²) in [5, 5.41) is 0.559. The molecule has 0 spiro atoms. The van der Waals surface area contributed by atoms with E-state index in [4.69, 9.17) is 21.3 Å². The topological polar surface area (TPSA) is 90.2 Å². The van der Waals surface area contributed by atoms with Crippen molar-refractivity contribution in [1.29, 1.82) is 0 Å². The Balaban J connectivity index is 1.75. The molecule has 1 fully saturated rings. The van der Waals surface area contributed by atoms with Gasteiger partial charge < -0.3 is 9.64 Å². The van der Waals surface area contributed by atoms with E-state index in [0.717, 1.165) is 12.0 Å². The van der Waals surface area contributed by atoms with Crippen LogP contribution in [0.4, 0.5) is 4.39 Å². The molecule has 206 valence electrons. The average Bonchev–Trinajstić information content (AvgIpc) is 2.93. The number of carbonyl (C=O) groups is 1. The van der Waals surface area contributed by atoms with Crippen LogP contribution in [0.3, 0.4) is 0 Å². The SMILES string of the molecule is C=CC(=O)N1CCC[C@@H](Oc2nc(=O)n(-c3c(C)ccnc3C(C)C)c3nc(-c4ccccc4F)c(Cl)cc23)C1. The van der Waals surface area contributed by atoms with Gasteiger partial charge in [-0.05, 0) is 61.6 Å². The predicted octanol–water partition coefficient (Wildman–Crippen LogP) is 5.62. The average molecular weight is 562 g/mol. The fourth-order valence-electron chi connectivity index (χ4n) is 5.03. The molecule has 4 heterocycles. The number of carbonyl (C=O) groups excluding carboxylic acids is 1. The number of pyridine rings is 2. The lowest BCUT2D eigenvalue weighted by atomic mass is 10.0. The molecule has 0 unspecified atom stereocenters. The van der Waals surface area contributed by atoms with Gasteiger partial charge in [-0.1, -0.05) is 44.2 Å². The van der Waals surface area contributed by atoms with Gasteiger partial charge >= 0.3 is 5.69 Å². The summed E-state index contributed by atoms with van der Waals surface area (Å²) in [6, 6.07) is 9.59. The second-order valence-electron chi connectivity index (χ2n) is 10.1. The van der Waals surface area contributed by atoms with Gasteiger partial charge in [0.2, 0.25) is 11.8 Å². The van der Waals surface area contributed by atoms with E-state index in [9.17, 15) is 14.0 Å². The number of benzene rings is 1. The number of piperidine rings is 1. The first kappa shape index (κ1) is 27.5. The first-order valence-corrected chi connectivity index (χ1v) is 13.5. The molecule has 1 amide bonds. The number of fused-ring (bicyclic) bond motifs is 1. The number of amides is 1. The lowest BCUT2D eigenvalue weighted by Gasteiger charge is -2.32. The summed E-state index contributed by atoms with van der Waals surface area (Å²) in [7, 11) is 0. The molecule has 40 heavy (non-hydrogen) atoms. The third-order valence-electron chi connectivity index (χ3n) is 6.98. The van der Waals surface area contributed by atoms with E-state index in [-0.39, 0.29) is 39.6 Å². The second kappa shape index (κ2) is 11.2. The van der Waals surface area contributed by atoms with E-state index in [2.05, 4.69) is 16.5 Å². The van der Waals surface area contributed by atoms with E-state index in [0.29, 0.717) is 36.3 Å². The highest BCUT2D eigenvalue weighted by Gasteiger charge is 2.27. The lowest BCUT2D eigenvalue weighted by Crippen LogP contribution is -2.44. The van der Waals surface area contributed by atoms with E-state index in [1.165, 1.54) is 16.7 Å². The second-order valence-corrected chi connectivity index (χ2v) is 10.5. The zero-order valence-electron chi connectivity index (χ0n) is 22.5. The van der Waals surface area contributed by atoms with Crippen molar-refractivity contribution in [3.63, 3.8) is 0 Å². The molecule has 1 saturated heterocycles. The maximum absolute atomic E-state index is 14.9. The van der Waals surface area contributed by atoms with Gasteiger partial charge in [-0.15, -0.1) is 0 Å². The maximum Gasteiger partial charge on any atom is 0.357 e. The molecule has 0 aliphatic carbocycles. The molecule has 0 bridgehead atoms. The molecule has 1 atom stereocenters. The van der Waals surface area contributed by atoms with Gasteiger partial charge in [-0.25, -0.2) is 18.7 Å². The normalized spacial score (nSPS) is 15.4. The van der Waals surface area contributed by atoms with Crippen molar-refractivity contribution >= 4 is 28.5 Å². The Kier molecular flexibility index (Phi) is 7.67. The fraction of sp³-hybridized carbons (Fsp3) is 0.300. The summed E-state index contributed by atoms with van der Waals surface area (Å²) < 4.78 is 22.5. The van der Waals surface area contributed by atoms with Crippen LogP contribution in [0.5, 0.6) is 5.88 Å². The van der Waals surface area contributed by atoms with Crippen molar-refractivity contribution in [2.45, 2.75) is 45.6 Å². The van der Waals surface area contributed by atoms with Gasteiger partial charge in [0.1, 0.15) is 11.9 Å². The van der Waals surface area contributed by atoms with Crippen molar-refractivity contribution < 1.29 is 13.9 Å². The zero-order chi connectivity index (χ0) is 28.6. The molecule has 1 aliphatic rings. The number of nitrogens with zero attached hydrogens (tertiary/aromatic N) is 5. The Morgan fingerprint density at radius 3 is 2.75 bits per heavy atom. The van der Waals surface area contributed by atoms with Crippen molar-refractivity contribution in [3.8, 4) is 22.8 Å². The Morgan fingerprint density at radius 1 is 1.25 bits per heavy atom. The number of aryl methyl sites for hydroxylation is 1. The van der Waals surface area contributed by atoms with Crippen LogP contribution in [0.15, 0.2) is 60.0 Å². The number of rotatable bonds is 6. The van der Waals surface area contributed by atoms with Crippen LogP contribution in [0.2, 0.25) is 5.02 Å². The summed E-state index contributed by atoms with van der Waals surface area (Å²) >= 11 is 6.68. The van der Waals surface area contributed by atoms with Crippen molar-refractivity contribution in [1.82, 2.24) is 24.4 Å². The van der Waals surface area contributed by atoms with Gasteiger partial charge in [0.05, 0.1) is 34.0 Å². The number of hydrogen-bond acceptors (Lipinski definition) is 6.